The highest BCUT2D eigenvalue weighted by Crippen LogP contribution is 2.32. The van der Waals surface area contributed by atoms with Crippen molar-refractivity contribution in [3.8, 4) is 0 Å². The number of hydrogen-bond acceptors (Lipinski definition) is 5. The van der Waals surface area contributed by atoms with Gasteiger partial charge in [-0.05, 0) is 43.7 Å². The highest BCUT2D eigenvalue weighted by Gasteiger charge is 2.34. The summed E-state index contributed by atoms with van der Waals surface area (Å²) in [5, 5.41) is 6.58. The molecule has 3 aliphatic heterocycles. The van der Waals surface area contributed by atoms with Crippen LogP contribution in [-0.4, -0.2) is 49.3 Å². The van der Waals surface area contributed by atoms with Crippen molar-refractivity contribution in [2.45, 2.75) is 44.2 Å². The zero-order valence-corrected chi connectivity index (χ0v) is 16.5. The topological polar surface area (TPSA) is 66.5 Å². The lowest BCUT2D eigenvalue weighted by molar-refractivity contribution is -0.117. The van der Waals surface area contributed by atoms with Crippen molar-refractivity contribution < 1.29 is 9.53 Å². The minimum Gasteiger partial charge on any atom is -0.378 e. The van der Waals surface area contributed by atoms with E-state index in [1.807, 2.05) is 18.3 Å². The molecule has 0 aliphatic carbocycles. The van der Waals surface area contributed by atoms with Crippen LogP contribution in [0.3, 0.4) is 0 Å². The summed E-state index contributed by atoms with van der Waals surface area (Å²) in [5.41, 5.74) is 1.09. The number of carbonyl (C=O) groups excluding carboxylic acids is 1. The number of fused-ring (bicyclic) bond motifs is 2. The molecule has 0 aromatic carbocycles. The largest absolute Gasteiger partial charge is 0.378 e. The average Bonchev–Trinajstić information content (AvgIpc) is 2.95. The van der Waals surface area contributed by atoms with Gasteiger partial charge in [0.2, 0.25) is 5.91 Å². The van der Waals surface area contributed by atoms with Gasteiger partial charge in [-0.15, -0.1) is 24.8 Å². The van der Waals surface area contributed by atoms with E-state index in [0.717, 1.165) is 44.8 Å². The van der Waals surface area contributed by atoms with Crippen LogP contribution < -0.4 is 15.5 Å². The predicted octanol–water partition coefficient (Wildman–Crippen LogP) is 2.62. The minimum atomic E-state index is 0. The molecular weight excluding hydrogens is 375 g/mol. The Morgan fingerprint density at radius 2 is 1.88 bits per heavy atom. The van der Waals surface area contributed by atoms with Gasteiger partial charge >= 0.3 is 0 Å². The first-order valence-electron chi connectivity index (χ1n) is 9.11. The Kier molecular flexibility index (Phi) is 7.95. The van der Waals surface area contributed by atoms with Crippen LogP contribution in [-0.2, 0) is 9.53 Å². The number of amides is 1. The Bertz CT molecular complexity index is 569. The fraction of sp³-hybridized carbons (Fsp3) is 0.667. The number of ether oxygens (including phenoxy) is 1. The zero-order valence-electron chi connectivity index (χ0n) is 14.9. The first-order valence-corrected chi connectivity index (χ1v) is 9.11. The number of anilines is 2. The number of aromatic nitrogens is 1. The molecule has 6 nitrogen and oxygen atoms in total. The maximum atomic E-state index is 12.3. The molecule has 3 saturated heterocycles. The Labute approximate surface area is 167 Å². The molecule has 2 N–H and O–H groups in total. The Morgan fingerprint density at radius 3 is 2.50 bits per heavy atom. The predicted molar refractivity (Wildman–Crippen MR) is 108 cm³/mol. The van der Waals surface area contributed by atoms with Gasteiger partial charge in [-0.2, -0.15) is 0 Å². The second-order valence-electron chi connectivity index (χ2n) is 7.23. The van der Waals surface area contributed by atoms with E-state index in [2.05, 4.69) is 20.5 Å². The minimum absolute atomic E-state index is 0. The maximum Gasteiger partial charge on any atom is 0.225 e. The molecule has 3 fully saturated rings. The number of hydrogen-bond donors (Lipinski definition) is 2. The fourth-order valence-electron chi connectivity index (χ4n) is 4.27. The summed E-state index contributed by atoms with van der Waals surface area (Å²) >= 11 is 0. The van der Waals surface area contributed by atoms with E-state index in [4.69, 9.17) is 4.74 Å². The summed E-state index contributed by atoms with van der Waals surface area (Å²) < 4.78 is 5.37. The third-order valence-electron chi connectivity index (χ3n) is 5.44. The molecule has 1 amide bonds. The van der Waals surface area contributed by atoms with E-state index in [1.165, 1.54) is 12.8 Å². The summed E-state index contributed by atoms with van der Waals surface area (Å²) in [7, 11) is 0. The van der Waals surface area contributed by atoms with Crippen LogP contribution in [0.5, 0.6) is 0 Å². The molecule has 1 aromatic heterocycles. The van der Waals surface area contributed by atoms with Crippen molar-refractivity contribution in [3.05, 3.63) is 18.3 Å². The van der Waals surface area contributed by atoms with Gasteiger partial charge < -0.3 is 20.3 Å². The third kappa shape index (κ3) is 5.22. The van der Waals surface area contributed by atoms with E-state index < -0.39 is 0 Å². The summed E-state index contributed by atoms with van der Waals surface area (Å²) in [5.74, 6) is 1.25. The third-order valence-corrected chi connectivity index (χ3v) is 5.44. The molecule has 2 atom stereocenters. The number of morpholine rings is 1. The SMILES string of the molecule is Cl.Cl.O=C(CC1CC2CCC(C1)N2)Nc1ccc(N2CCOCC2)cn1. The van der Waals surface area contributed by atoms with Crippen LogP contribution in [0.15, 0.2) is 18.3 Å². The number of rotatable bonds is 4. The van der Waals surface area contributed by atoms with Crippen LogP contribution in [0.2, 0.25) is 0 Å². The first-order chi connectivity index (χ1) is 11.8. The van der Waals surface area contributed by atoms with E-state index in [1.54, 1.807) is 0 Å². The lowest BCUT2D eigenvalue weighted by atomic mass is 9.89. The van der Waals surface area contributed by atoms with Crippen molar-refractivity contribution in [3.63, 3.8) is 0 Å². The number of carbonyl (C=O) groups is 1. The molecule has 26 heavy (non-hydrogen) atoms. The quantitative estimate of drug-likeness (QED) is 0.809. The van der Waals surface area contributed by atoms with E-state index >= 15 is 0 Å². The molecule has 4 heterocycles. The Balaban J connectivity index is 0.00000121. The van der Waals surface area contributed by atoms with Crippen molar-refractivity contribution >= 4 is 42.2 Å². The summed E-state index contributed by atoms with van der Waals surface area (Å²) in [6, 6.07) is 5.19. The molecule has 1 aromatic rings. The second-order valence-corrected chi connectivity index (χ2v) is 7.23. The van der Waals surface area contributed by atoms with E-state index in [-0.39, 0.29) is 30.7 Å². The molecule has 146 valence electrons. The molecule has 0 spiro atoms. The van der Waals surface area contributed by atoms with Crippen molar-refractivity contribution in [2.24, 2.45) is 5.92 Å². The van der Waals surface area contributed by atoms with Gasteiger partial charge in [0.1, 0.15) is 5.82 Å². The van der Waals surface area contributed by atoms with Crippen LogP contribution in [0, 0.1) is 5.92 Å². The number of piperidine rings is 1. The molecule has 3 aliphatic rings. The molecule has 8 heteroatoms. The molecule has 4 rings (SSSR count). The number of nitrogens with one attached hydrogen (secondary N) is 2. The highest BCUT2D eigenvalue weighted by atomic mass is 35.5. The van der Waals surface area contributed by atoms with Gasteiger partial charge in [-0.25, -0.2) is 4.98 Å². The van der Waals surface area contributed by atoms with Crippen LogP contribution in [0.4, 0.5) is 11.5 Å². The molecular formula is C18H28Cl2N4O2. The lowest BCUT2D eigenvalue weighted by Crippen LogP contribution is -2.39. The van der Waals surface area contributed by atoms with E-state index in [0.29, 0.717) is 30.2 Å². The maximum absolute atomic E-state index is 12.3. The van der Waals surface area contributed by atoms with E-state index in [9.17, 15) is 4.79 Å². The molecule has 0 radical (unpaired) electrons. The molecule has 2 bridgehead atoms. The van der Waals surface area contributed by atoms with Gasteiger partial charge in [0.15, 0.2) is 0 Å². The van der Waals surface area contributed by atoms with Crippen molar-refractivity contribution in [1.29, 1.82) is 0 Å². The average molecular weight is 403 g/mol. The number of nitrogens with zero attached hydrogens (tertiary/aromatic N) is 2. The lowest BCUT2D eigenvalue weighted by Gasteiger charge is -2.29. The smallest absolute Gasteiger partial charge is 0.225 e. The monoisotopic (exact) mass is 402 g/mol. The van der Waals surface area contributed by atoms with Gasteiger partial charge in [0, 0.05) is 31.6 Å². The van der Waals surface area contributed by atoms with Crippen molar-refractivity contribution in [2.75, 3.05) is 36.5 Å². The summed E-state index contributed by atoms with van der Waals surface area (Å²) in [6.07, 6.45) is 7.26. The summed E-state index contributed by atoms with van der Waals surface area (Å²) in [4.78, 5) is 19.0. The second kappa shape index (κ2) is 9.74. The standard InChI is InChI=1S/C18H26N4O2.2ClH/c23-18(11-13-9-14-1-2-15(10-13)20-14)21-17-4-3-16(12-19-17)22-5-7-24-8-6-22;;/h3-4,12-15,20H,1-2,5-11H2,(H,19,21,23);2*1H. The van der Waals surface area contributed by atoms with Gasteiger partial charge in [-0.1, -0.05) is 0 Å². The fourth-order valence-corrected chi connectivity index (χ4v) is 4.27. The molecule has 0 saturated carbocycles. The van der Waals surface area contributed by atoms with Gasteiger partial charge in [0.05, 0.1) is 25.1 Å². The Hall–Kier alpha value is -1.08. The number of halogens is 2. The normalized spacial score (nSPS) is 27.2. The first kappa shape index (κ1) is 21.2. The van der Waals surface area contributed by atoms with Crippen LogP contribution in [0.1, 0.15) is 32.1 Å². The van der Waals surface area contributed by atoms with Crippen LogP contribution in [0.25, 0.3) is 0 Å². The van der Waals surface area contributed by atoms with Gasteiger partial charge in [0.25, 0.3) is 0 Å². The Morgan fingerprint density at radius 1 is 1.19 bits per heavy atom. The number of pyridine rings is 1. The van der Waals surface area contributed by atoms with Crippen molar-refractivity contribution in [1.82, 2.24) is 10.3 Å². The zero-order chi connectivity index (χ0) is 16.4. The summed E-state index contributed by atoms with van der Waals surface area (Å²) in [6.45, 7) is 3.31. The van der Waals surface area contributed by atoms with Crippen LogP contribution >= 0.6 is 24.8 Å². The molecule has 2 unspecified atom stereocenters. The highest BCUT2D eigenvalue weighted by molar-refractivity contribution is 5.90. The van der Waals surface area contributed by atoms with Gasteiger partial charge in [-0.3, -0.25) is 4.79 Å².